The average Bonchev–Trinajstić information content (AvgIpc) is 3.91. The van der Waals surface area contributed by atoms with Crippen molar-refractivity contribution in [1.82, 2.24) is 24.2 Å². The second-order valence-corrected chi connectivity index (χ2v) is 14.9. The van der Waals surface area contributed by atoms with Crippen molar-refractivity contribution in [1.29, 1.82) is 0 Å². The van der Waals surface area contributed by atoms with E-state index in [1.54, 1.807) is 53.7 Å². The molecule has 0 aliphatic carbocycles. The van der Waals surface area contributed by atoms with Crippen LogP contribution in [0.15, 0.2) is 65.0 Å². The summed E-state index contributed by atoms with van der Waals surface area (Å²) in [6.07, 6.45) is 2.30. The van der Waals surface area contributed by atoms with Gasteiger partial charge in [-0.25, -0.2) is 12.4 Å². The van der Waals surface area contributed by atoms with Gasteiger partial charge in [-0.15, -0.1) is 11.3 Å². The summed E-state index contributed by atoms with van der Waals surface area (Å²) >= 11 is 1.25. The Morgan fingerprint density at radius 3 is 2.58 bits per heavy atom. The molecule has 1 unspecified atom stereocenters. The van der Waals surface area contributed by atoms with Crippen molar-refractivity contribution in [3.8, 4) is 5.75 Å². The first-order valence-corrected chi connectivity index (χ1v) is 18.3. The number of hydrogen-bond donors (Lipinski definition) is 4. The number of methoxy groups -OCH3 is 1. The molecule has 16 heteroatoms. The number of amides is 2. The van der Waals surface area contributed by atoms with Gasteiger partial charge < -0.3 is 30.7 Å². The minimum absolute atomic E-state index is 0.0518. The van der Waals surface area contributed by atoms with Gasteiger partial charge in [0.2, 0.25) is 11.9 Å². The fourth-order valence-corrected chi connectivity index (χ4v) is 8.37. The smallest absolute Gasteiger partial charge is 0.269 e. The molecule has 1 fully saturated rings. The molecule has 2 aromatic carbocycles. The number of aryl methyl sites for hydroxylation is 1. The number of anilines is 5. The zero-order chi connectivity index (χ0) is 35.2. The molecule has 2 aliphatic rings. The molecule has 1 saturated heterocycles. The SMILES string of the molecule is CNC(=O)c1sccc1Nc1nc(Nc2cc3c(cc2OC)CCN3C(=O)CN2CCC(O)C2)nc2c1ccn2S(=O)(=O)c1ccc(C)cc1. The quantitative estimate of drug-likeness (QED) is 0.166. The number of carbonyl (C=O) groups is 2. The summed E-state index contributed by atoms with van der Waals surface area (Å²) in [4.78, 5) is 39.6. The number of nitrogens with zero attached hydrogens (tertiary/aromatic N) is 5. The van der Waals surface area contributed by atoms with E-state index >= 15 is 0 Å². The van der Waals surface area contributed by atoms with Crippen molar-refractivity contribution in [2.24, 2.45) is 0 Å². The number of carbonyl (C=O) groups excluding carboxylic acids is 2. The molecule has 5 heterocycles. The van der Waals surface area contributed by atoms with Crippen LogP contribution in [-0.4, -0.2) is 90.6 Å². The zero-order valence-corrected chi connectivity index (χ0v) is 29.3. The number of aliphatic hydroxyl groups excluding tert-OH is 1. The van der Waals surface area contributed by atoms with Crippen LogP contribution in [0.1, 0.15) is 27.2 Å². The molecule has 2 amide bonds. The lowest BCUT2D eigenvalue weighted by molar-refractivity contribution is -0.119. The predicted molar refractivity (Wildman–Crippen MR) is 192 cm³/mol. The summed E-state index contributed by atoms with van der Waals surface area (Å²) in [5, 5.41) is 21.2. The third kappa shape index (κ3) is 6.26. The van der Waals surface area contributed by atoms with E-state index in [-0.39, 0.29) is 40.7 Å². The van der Waals surface area contributed by atoms with Gasteiger partial charge in [0.25, 0.3) is 15.9 Å². The van der Waals surface area contributed by atoms with Crippen molar-refractivity contribution >= 4 is 73.0 Å². The number of aliphatic hydroxyl groups is 1. The van der Waals surface area contributed by atoms with E-state index in [1.807, 2.05) is 24.0 Å². The topological polar surface area (TPSA) is 171 Å². The Balaban J connectivity index is 1.30. The third-order valence-corrected chi connectivity index (χ3v) is 11.5. The first kappa shape index (κ1) is 33.5. The van der Waals surface area contributed by atoms with E-state index in [2.05, 4.69) is 20.9 Å². The minimum Gasteiger partial charge on any atom is -0.495 e. The number of benzene rings is 2. The first-order valence-electron chi connectivity index (χ1n) is 16.0. The van der Waals surface area contributed by atoms with Gasteiger partial charge in [0.15, 0.2) is 5.65 Å². The van der Waals surface area contributed by atoms with Crippen molar-refractivity contribution in [3.05, 3.63) is 76.1 Å². The van der Waals surface area contributed by atoms with Gasteiger partial charge in [0.05, 0.1) is 41.4 Å². The number of rotatable bonds is 10. The van der Waals surface area contributed by atoms with Crippen LogP contribution in [-0.2, 0) is 21.2 Å². The molecule has 3 aromatic heterocycles. The number of hydrogen-bond acceptors (Lipinski definition) is 12. The molecule has 50 heavy (non-hydrogen) atoms. The van der Waals surface area contributed by atoms with Gasteiger partial charge in [0, 0.05) is 38.6 Å². The number of fused-ring (bicyclic) bond motifs is 2. The molecule has 5 aromatic rings. The molecule has 1 atom stereocenters. The molecular weight excluding hydrogens is 681 g/mol. The van der Waals surface area contributed by atoms with Crippen LogP contribution in [0.25, 0.3) is 11.0 Å². The van der Waals surface area contributed by atoms with E-state index in [0.717, 1.165) is 20.8 Å². The third-order valence-electron chi connectivity index (χ3n) is 8.89. The second kappa shape index (κ2) is 13.4. The minimum atomic E-state index is -4.06. The Morgan fingerprint density at radius 2 is 1.86 bits per heavy atom. The average molecular weight is 717 g/mol. The normalized spacial score (nSPS) is 16.1. The monoisotopic (exact) mass is 716 g/mol. The van der Waals surface area contributed by atoms with Crippen LogP contribution in [0.4, 0.5) is 28.8 Å². The van der Waals surface area contributed by atoms with Crippen LogP contribution < -0.4 is 25.6 Å². The number of likely N-dealkylation sites (tertiary alicyclic amines) is 1. The van der Waals surface area contributed by atoms with Crippen LogP contribution in [0.3, 0.4) is 0 Å². The highest BCUT2D eigenvalue weighted by molar-refractivity contribution is 7.90. The van der Waals surface area contributed by atoms with Crippen LogP contribution in [0.5, 0.6) is 5.75 Å². The summed E-state index contributed by atoms with van der Waals surface area (Å²) in [6, 6.07) is 13.6. The lowest BCUT2D eigenvalue weighted by Gasteiger charge is -2.22. The molecule has 0 saturated carbocycles. The van der Waals surface area contributed by atoms with E-state index in [0.29, 0.717) is 59.9 Å². The Labute approximate surface area is 292 Å². The zero-order valence-electron chi connectivity index (χ0n) is 27.6. The van der Waals surface area contributed by atoms with Crippen molar-refractivity contribution in [3.63, 3.8) is 0 Å². The first-order chi connectivity index (χ1) is 24.0. The van der Waals surface area contributed by atoms with Crippen molar-refractivity contribution < 1.29 is 27.9 Å². The van der Waals surface area contributed by atoms with Crippen molar-refractivity contribution in [2.45, 2.75) is 30.8 Å². The number of thiophene rings is 1. The molecular formula is C34H36N8O6S2. The molecule has 0 bridgehead atoms. The summed E-state index contributed by atoms with van der Waals surface area (Å²) in [7, 11) is -0.982. The molecule has 260 valence electrons. The van der Waals surface area contributed by atoms with Crippen LogP contribution in [0, 0.1) is 6.92 Å². The maximum Gasteiger partial charge on any atom is 0.269 e. The molecule has 7 rings (SSSR count). The van der Waals surface area contributed by atoms with E-state index in [1.165, 1.54) is 24.6 Å². The van der Waals surface area contributed by atoms with Crippen LogP contribution in [0.2, 0.25) is 0 Å². The predicted octanol–water partition coefficient (Wildman–Crippen LogP) is 3.85. The Kier molecular flexibility index (Phi) is 8.94. The van der Waals surface area contributed by atoms with Crippen LogP contribution >= 0.6 is 11.3 Å². The Hall–Kier alpha value is -5.03. The van der Waals surface area contributed by atoms with E-state index in [9.17, 15) is 23.1 Å². The van der Waals surface area contributed by atoms with Gasteiger partial charge >= 0.3 is 0 Å². The van der Waals surface area contributed by atoms with Crippen molar-refractivity contribution in [2.75, 3.05) is 55.9 Å². The van der Waals surface area contributed by atoms with Gasteiger partial charge in [0.1, 0.15) is 16.4 Å². The standard InChI is InChI=1S/C34H36N8O6S2/c1-20-4-6-23(7-5-20)50(46,47)42-14-10-24-31(36-25-11-15-49-30(25)33(45)35-2)38-34(39-32(24)42)37-26-17-27-21(16-28(26)48-3)8-13-41(27)29(44)19-40-12-9-22(43)18-40/h4-7,10-11,14-17,22,43H,8-9,12-13,18-19H2,1-3H3,(H,35,45)(H2,36,37,38,39). The maximum atomic E-state index is 13.9. The number of β-amino-alcohol motifs (C(OH)–C–C–N with tert-alkyl or cyclic N) is 1. The van der Waals surface area contributed by atoms with Gasteiger partial charge in [-0.05, 0) is 67.1 Å². The highest BCUT2D eigenvalue weighted by Crippen LogP contribution is 2.39. The lowest BCUT2D eigenvalue weighted by Crippen LogP contribution is -2.39. The summed E-state index contributed by atoms with van der Waals surface area (Å²) in [5.41, 5.74) is 3.64. The highest BCUT2D eigenvalue weighted by Gasteiger charge is 2.30. The molecule has 0 radical (unpaired) electrons. The fraction of sp³-hybridized carbons (Fsp3) is 0.294. The summed E-state index contributed by atoms with van der Waals surface area (Å²) < 4.78 is 34.6. The molecule has 4 N–H and O–H groups in total. The highest BCUT2D eigenvalue weighted by atomic mass is 32.2. The number of nitrogens with one attached hydrogen (secondary N) is 3. The number of aromatic nitrogens is 3. The fourth-order valence-electron chi connectivity index (χ4n) is 6.28. The van der Waals surface area contributed by atoms with Gasteiger partial charge in [-0.1, -0.05) is 17.7 Å². The largest absolute Gasteiger partial charge is 0.495 e. The molecule has 0 spiro atoms. The second-order valence-electron chi connectivity index (χ2n) is 12.2. The summed E-state index contributed by atoms with van der Waals surface area (Å²) in [5.74, 6) is 0.453. The Bertz CT molecular complexity index is 2220. The Morgan fingerprint density at radius 1 is 1.06 bits per heavy atom. The maximum absolute atomic E-state index is 13.9. The number of ether oxygens (including phenoxy) is 1. The van der Waals surface area contributed by atoms with Gasteiger partial charge in [-0.2, -0.15) is 9.97 Å². The van der Waals surface area contributed by atoms with Gasteiger partial charge in [-0.3, -0.25) is 14.5 Å². The van der Waals surface area contributed by atoms with E-state index in [4.69, 9.17) is 9.72 Å². The molecule has 14 nitrogen and oxygen atoms in total. The lowest BCUT2D eigenvalue weighted by atomic mass is 10.1. The van der Waals surface area contributed by atoms with E-state index < -0.39 is 16.1 Å². The summed E-state index contributed by atoms with van der Waals surface area (Å²) in [6.45, 7) is 3.72. The molecule has 2 aliphatic heterocycles.